The lowest BCUT2D eigenvalue weighted by Gasteiger charge is -2.26. The first-order chi connectivity index (χ1) is 16.8. The maximum absolute atomic E-state index is 13.8. The van der Waals surface area contributed by atoms with Crippen molar-refractivity contribution < 1.29 is 9.18 Å². The number of aromatic nitrogens is 3. The highest BCUT2D eigenvalue weighted by Gasteiger charge is 2.24. The summed E-state index contributed by atoms with van der Waals surface area (Å²) in [7, 11) is 1.97. The van der Waals surface area contributed by atoms with Crippen LogP contribution in [-0.2, 0) is 0 Å². The normalized spacial score (nSPS) is 13.9. The number of aryl methyl sites for hydroxylation is 2. The summed E-state index contributed by atoms with van der Waals surface area (Å²) in [6, 6.07) is 14.3. The van der Waals surface area contributed by atoms with E-state index in [0.29, 0.717) is 22.6 Å². The summed E-state index contributed by atoms with van der Waals surface area (Å²) in [6.07, 6.45) is 3.16. The molecular formula is C27H27ClFN5O. The van der Waals surface area contributed by atoms with Crippen LogP contribution in [0.5, 0.6) is 0 Å². The quantitative estimate of drug-likeness (QED) is 0.341. The maximum Gasteiger partial charge on any atom is 0.274 e. The summed E-state index contributed by atoms with van der Waals surface area (Å²) in [5.41, 5.74) is 5.47. The van der Waals surface area contributed by atoms with Crippen LogP contribution in [0.1, 0.15) is 40.9 Å². The first-order valence-electron chi connectivity index (χ1n) is 11.8. The number of carbonyl (C=O) groups excluding carboxylic acids is 1. The zero-order chi connectivity index (χ0) is 24.7. The number of carbonyl (C=O) groups is 1. The average molecular weight is 492 g/mol. The fourth-order valence-corrected chi connectivity index (χ4v) is 4.99. The second-order valence-electron chi connectivity index (χ2n) is 9.08. The number of amides is 1. The fourth-order valence-electron chi connectivity index (χ4n) is 4.81. The minimum absolute atomic E-state index is 0.0308. The summed E-state index contributed by atoms with van der Waals surface area (Å²) in [5, 5.41) is 4.73. The number of rotatable bonds is 4. The van der Waals surface area contributed by atoms with Gasteiger partial charge in [-0.05, 0) is 62.4 Å². The average Bonchev–Trinajstić information content (AvgIpc) is 3.29. The summed E-state index contributed by atoms with van der Waals surface area (Å²) in [5.74, 6) is 0.172. The SMILES string of the molecule is Cc1cccc(C)c1N(C)c1cc(-c2ccc(F)c(Cl)c2)nc2cc(C(=O)N3CCCCC3)nn12. The summed E-state index contributed by atoms with van der Waals surface area (Å²) in [4.78, 5) is 21.9. The van der Waals surface area contributed by atoms with E-state index in [-0.39, 0.29) is 10.9 Å². The van der Waals surface area contributed by atoms with Crippen LogP contribution in [-0.4, -0.2) is 45.5 Å². The van der Waals surface area contributed by atoms with Gasteiger partial charge < -0.3 is 9.80 Å². The Labute approximate surface area is 209 Å². The highest BCUT2D eigenvalue weighted by molar-refractivity contribution is 6.31. The monoisotopic (exact) mass is 491 g/mol. The molecule has 35 heavy (non-hydrogen) atoms. The molecule has 2 aromatic carbocycles. The van der Waals surface area contributed by atoms with E-state index in [2.05, 4.69) is 30.9 Å². The maximum atomic E-state index is 13.8. The van der Waals surface area contributed by atoms with E-state index in [9.17, 15) is 9.18 Å². The Morgan fingerprint density at radius 3 is 2.43 bits per heavy atom. The van der Waals surface area contributed by atoms with E-state index in [0.717, 1.165) is 55.0 Å². The fraction of sp³-hybridized carbons (Fsp3) is 0.296. The van der Waals surface area contributed by atoms with Crippen molar-refractivity contribution in [2.75, 3.05) is 25.0 Å². The Hall–Kier alpha value is -3.45. The molecule has 0 spiro atoms. The lowest BCUT2D eigenvalue weighted by Crippen LogP contribution is -2.35. The van der Waals surface area contributed by atoms with Crippen LogP contribution in [0.15, 0.2) is 48.5 Å². The molecule has 0 radical (unpaired) electrons. The van der Waals surface area contributed by atoms with Gasteiger partial charge in [0.15, 0.2) is 11.3 Å². The summed E-state index contributed by atoms with van der Waals surface area (Å²) >= 11 is 6.07. The third-order valence-corrected chi connectivity index (χ3v) is 6.89. The van der Waals surface area contributed by atoms with Crippen LogP contribution in [0.4, 0.5) is 15.9 Å². The van der Waals surface area contributed by atoms with Gasteiger partial charge in [0.1, 0.15) is 11.6 Å². The third kappa shape index (κ3) is 4.36. The van der Waals surface area contributed by atoms with Crippen LogP contribution in [0.2, 0.25) is 5.02 Å². The molecule has 0 saturated carbocycles. The van der Waals surface area contributed by atoms with E-state index < -0.39 is 5.82 Å². The molecule has 0 unspecified atom stereocenters. The Bertz CT molecular complexity index is 1410. The number of benzene rings is 2. The van der Waals surface area contributed by atoms with Crippen molar-refractivity contribution >= 4 is 34.7 Å². The largest absolute Gasteiger partial charge is 0.337 e. The second kappa shape index (κ2) is 9.30. The molecule has 0 aliphatic carbocycles. The molecule has 1 saturated heterocycles. The van der Waals surface area contributed by atoms with Gasteiger partial charge >= 0.3 is 0 Å². The molecule has 1 aliphatic heterocycles. The van der Waals surface area contributed by atoms with E-state index in [1.807, 2.05) is 24.1 Å². The van der Waals surface area contributed by atoms with Crippen molar-refractivity contribution in [3.05, 3.63) is 76.2 Å². The van der Waals surface area contributed by atoms with Gasteiger partial charge in [-0.25, -0.2) is 9.37 Å². The number of nitrogens with zero attached hydrogens (tertiary/aromatic N) is 5. The Balaban J connectivity index is 1.68. The summed E-state index contributed by atoms with van der Waals surface area (Å²) < 4.78 is 15.5. The van der Waals surface area contributed by atoms with Crippen molar-refractivity contribution in [3.63, 3.8) is 0 Å². The Morgan fingerprint density at radius 1 is 1.03 bits per heavy atom. The van der Waals surface area contributed by atoms with Crippen LogP contribution in [0.25, 0.3) is 16.9 Å². The number of piperidine rings is 1. The molecule has 3 heterocycles. The number of para-hydroxylation sites is 1. The Kier molecular flexibility index (Phi) is 6.19. The number of likely N-dealkylation sites (tertiary alicyclic amines) is 1. The standard InChI is InChI=1S/C27H27ClFN5O/c1-17-8-7-9-18(2)26(17)32(3)25-16-22(19-10-11-21(29)20(28)14-19)30-24-15-23(31-34(24)25)27(35)33-12-5-4-6-13-33/h7-11,14-16H,4-6,12-13H2,1-3H3. The zero-order valence-electron chi connectivity index (χ0n) is 20.1. The first kappa shape index (κ1) is 23.3. The van der Waals surface area contributed by atoms with Crippen LogP contribution >= 0.6 is 11.6 Å². The molecule has 1 fully saturated rings. The third-order valence-electron chi connectivity index (χ3n) is 6.60. The van der Waals surface area contributed by atoms with Crippen molar-refractivity contribution in [1.82, 2.24) is 19.5 Å². The molecule has 0 atom stereocenters. The minimum Gasteiger partial charge on any atom is -0.337 e. The molecular weight excluding hydrogens is 465 g/mol. The van der Waals surface area contributed by atoms with Gasteiger partial charge in [0.2, 0.25) is 0 Å². The van der Waals surface area contributed by atoms with Gasteiger partial charge in [0.05, 0.1) is 10.7 Å². The van der Waals surface area contributed by atoms with Gasteiger partial charge in [-0.15, -0.1) is 0 Å². The molecule has 1 aliphatic rings. The van der Waals surface area contributed by atoms with Gasteiger partial charge in [-0.3, -0.25) is 4.79 Å². The lowest BCUT2D eigenvalue weighted by molar-refractivity contribution is 0.0718. The number of hydrogen-bond acceptors (Lipinski definition) is 4. The van der Waals surface area contributed by atoms with Crippen LogP contribution in [0, 0.1) is 19.7 Å². The molecule has 0 bridgehead atoms. The molecule has 8 heteroatoms. The highest BCUT2D eigenvalue weighted by atomic mass is 35.5. The van der Waals surface area contributed by atoms with E-state index >= 15 is 0 Å². The number of hydrogen-bond donors (Lipinski definition) is 0. The zero-order valence-corrected chi connectivity index (χ0v) is 20.8. The minimum atomic E-state index is -0.483. The van der Waals surface area contributed by atoms with Gasteiger partial charge in [0.25, 0.3) is 5.91 Å². The molecule has 6 nitrogen and oxygen atoms in total. The van der Waals surface area contributed by atoms with Crippen LogP contribution < -0.4 is 4.90 Å². The van der Waals surface area contributed by atoms with Gasteiger partial charge in [0, 0.05) is 43.5 Å². The predicted octanol–water partition coefficient (Wildman–Crippen LogP) is 6.20. The van der Waals surface area contributed by atoms with Crippen molar-refractivity contribution in [2.45, 2.75) is 33.1 Å². The highest BCUT2D eigenvalue weighted by Crippen LogP contribution is 2.33. The van der Waals surface area contributed by atoms with E-state index in [1.165, 1.54) is 6.07 Å². The first-order valence-corrected chi connectivity index (χ1v) is 12.2. The number of fused-ring (bicyclic) bond motifs is 1. The molecule has 0 N–H and O–H groups in total. The topological polar surface area (TPSA) is 53.7 Å². The smallest absolute Gasteiger partial charge is 0.274 e. The molecule has 1 amide bonds. The lowest BCUT2D eigenvalue weighted by atomic mass is 10.1. The number of anilines is 2. The van der Waals surface area contributed by atoms with Crippen molar-refractivity contribution in [3.8, 4) is 11.3 Å². The van der Waals surface area contributed by atoms with Crippen molar-refractivity contribution in [1.29, 1.82) is 0 Å². The number of halogens is 2. The molecule has 180 valence electrons. The molecule has 2 aromatic heterocycles. The molecule has 4 aromatic rings. The predicted molar refractivity (Wildman–Crippen MR) is 137 cm³/mol. The second-order valence-corrected chi connectivity index (χ2v) is 9.49. The van der Waals surface area contributed by atoms with Gasteiger partial charge in [-0.1, -0.05) is 29.8 Å². The van der Waals surface area contributed by atoms with E-state index in [4.69, 9.17) is 21.7 Å². The van der Waals surface area contributed by atoms with Crippen molar-refractivity contribution in [2.24, 2.45) is 0 Å². The summed E-state index contributed by atoms with van der Waals surface area (Å²) in [6.45, 7) is 5.61. The van der Waals surface area contributed by atoms with E-state index in [1.54, 1.807) is 22.7 Å². The Morgan fingerprint density at radius 2 is 1.74 bits per heavy atom. The van der Waals surface area contributed by atoms with Crippen LogP contribution in [0.3, 0.4) is 0 Å². The molecule has 5 rings (SSSR count). The van der Waals surface area contributed by atoms with Gasteiger partial charge in [-0.2, -0.15) is 9.61 Å².